The molecular formula is C9H6ClN3. The minimum absolute atomic E-state index is 0.160. The van der Waals surface area contributed by atoms with E-state index in [2.05, 4.69) is 16.8 Å². The highest BCUT2D eigenvalue weighted by Crippen LogP contribution is 2.11. The van der Waals surface area contributed by atoms with Gasteiger partial charge in [-0.25, -0.2) is 4.98 Å². The second kappa shape index (κ2) is 4.35. The van der Waals surface area contributed by atoms with Gasteiger partial charge in [-0.3, -0.25) is 0 Å². The van der Waals surface area contributed by atoms with Gasteiger partial charge in [0.25, 0.3) is 0 Å². The smallest absolute Gasteiger partial charge is 0.137 e. The van der Waals surface area contributed by atoms with Crippen molar-refractivity contribution in [2.24, 2.45) is 0 Å². The van der Waals surface area contributed by atoms with Gasteiger partial charge in [-0.1, -0.05) is 17.5 Å². The van der Waals surface area contributed by atoms with Gasteiger partial charge in [0.05, 0.1) is 18.2 Å². The number of aromatic nitrogens is 1. The Hall–Kier alpha value is -1.71. The molecule has 3 nitrogen and oxygen atoms in total. The second-order valence-corrected chi connectivity index (χ2v) is 2.60. The first-order valence-electron chi connectivity index (χ1n) is 3.52. The summed E-state index contributed by atoms with van der Waals surface area (Å²) in [7, 11) is 0. The first-order valence-corrected chi connectivity index (χ1v) is 3.89. The maximum Gasteiger partial charge on any atom is 0.137 e. The lowest BCUT2D eigenvalue weighted by Gasteiger charge is -1.95. The molecule has 0 aliphatic heterocycles. The Bertz CT molecular complexity index is 409. The maximum atomic E-state index is 8.24. The first-order chi connectivity index (χ1) is 6.24. The Balaban J connectivity index is 2.97. The van der Waals surface area contributed by atoms with E-state index in [0.717, 1.165) is 0 Å². The zero-order chi connectivity index (χ0) is 9.68. The molecule has 0 bridgehead atoms. The molecule has 0 spiro atoms. The summed E-state index contributed by atoms with van der Waals surface area (Å²) in [4.78, 5) is 3.90. The number of hydrogen-bond acceptors (Lipinski definition) is 3. The highest BCUT2D eigenvalue weighted by atomic mass is 35.5. The van der Waals surface area contributed by atoms with Crippen LogP contribution in [0.2, 0.25) is 5.15 Å². The summed E-state index contributed by atoms with van der Waals surface area (Å²) in [6.07, 6.45) is 0.160. The van der Waals surface area contributed by atoms with E-state index in [1.54, 1.807) is 12.1 Å². The molecule has 0 saturated carbocycles. The molecular weight excluding hydrogens is 186 g/mol. The predicted molar refractivity (Wildman–Crippen MR) is 50.8 cm³/mol. The highest BCUT2D eigenvalue weighted by molar-refractivity contribution is 6.29. The van der Waals surface area contributed by atoms with Crippen LogP contribution in [0.15, 0.2) is 12.1 Å². The van der Waals surface area contributed by atoms with Crippen molar-refractivity contribution in [2.45, 2.75) is 6.42 Å². The lowest BCUT2D eigenvalue weighted by molar-refractivity contribution is 1.29. The minimum atomic E-state index is 0.160. The number of hydrogen-bond donors (Lipinski definition) is 1. The van der Waals surface area contributed by atoms with Crippen molar-refractivity contribution in [3.8, 4) is 17.9 Å². The van der Waals surface area contributed by atoms with Crippen molar-refractivity contribution >= 4 is 17.3 Å². The van der Waals surface area contributed by atoms with Crippen LogP contribution in [-0.4, -0.2) is 4.98 Å². The summed E-state index contributed by atoms with van der Waals surface area (Å²) in [6, 6.07) is 5.12. The zero-order valence-electron chi connectivity index (χ0n) is 6.71. The number of nitrogen functional groups attached to an aromatic ring is 1. The summed E-state index contributed by atoms with van der Waals surface area (Å²) in [5.74, 6) is 5.27. The number of pyridine rings is 1. The van der Waals surface area contributed by atoms with Crippen LogP contribution >= 0.6 is 11.6 Å². The largest absolute Gasteiger partial charge is 0.396 e. The molecule has 0 saturated heterocycles. The van der Waals surface area contributed by atoms with Gasteiger partial charge in [0.15, 0.2) is 0 Å². The van der Waals surface area contributed by atoms with Gasteiger partial charge < -0.3 is 5.73 Å². The lowest BCUT2D eigenvalue weighted by Crippen LogP contribution is -1.93. The molecule has 0 aliphatic carbocycles. The molecule has 4 heteroatoms. The third-order valence-corrected chi connectivity index (χ3v) is 1.48. The van der Waals surface area contributed by atoms with E-state index in [9.17, 15) is 0 Å². The topological polar surface area (TPSA) is 62.7 Å². The van der Waals surface area contributed by atoms with Gasteiger partial charge in [-0.15, -0.1) is 0 Å². The third kappa shape index (κ3) is 2.66. The van der Waals surface area contributed by atoms with Crippen LogP contribution in [0, 0.1) is 23.2 Å². The third-order valence-electron chi connectivity index (χ3n) is 1.27. The Morgan fingerprint density at radius 3 is 3.00 bits per heavy atom. The molecule has 0 radical (unpaired) electrons. The van der Waals surface area contributed by atoms with E-state index in [4.69, 9.17) is 22.6 Å². The van der Waals surface area contributed by atoms with Gasteiger partial charge in [-0.05, 0) is 18.1 Å². The van der Waals surface area contributed by atoms with E-state index < -0.39 is 0 Å². The van der Waals surface area contributed by atoms with Gasteiger partial charge in [0, 0.05) is 0 Å². The molecule has 0 amide bonds. The van der Waals surface area contributed by atoms with Crippen LogP contribution in [0.4, 0.5) is 5.69 Å². The summed E-state index contributed by atoms with van der Waals surface area (Å²) in [5, 5.41) is 8.58. The molecule has 2 N–H and O–H groups in total. The average molecular weight is 192 g/mol. The van der Waals surface area contributed by atoms with Crippen LogP contribution in [-0.2, 0) is 0 Å². The van der Waals surface area contributed by atoms with E-state index in [1.165, 1.54) is 0 Å². The van der Waals surface area contributed by atoms with Crippen molar-refractivity contribution in [3.05, 3.63) is 23.0 Å². The van der Waals surface area contributed by atoms with Gasteiger partial charge in [0.2, 0.25) is 0 Å². The number of anilines is 1. The quantitative estimate of drug-likeness (QED) is 0.500. The SMILES string of the molecule is N#CCC#Cc1nc(Cl)ccc1N. The summed E-state index contributed by atoms with van der Waals surface area (Å²) < 4.78 is 0. The fourth-order valence-corrected chi connectivity index (χ4v) is 0.861. The molecule has 0 atom stereocenters. The van der Waals surface area contributed by atoms with Gasteiger partial charge in [-0.2, -0.15) is 5.26 Å². The molecule has 1 aromatic heterocycles. The van der Waals surface area contributed by atoms with Crippen LogP contribution in [0.25, 0.3) is 0 Å². The van der Waals surface area contributed by atoms with E-state index in [0.29, 0.717) is 16.5 Å². The summed E-state index contributed by atoms with van der Waals surface area (Å²) in [5.41, 5.74) is 6.45. The molecule has 64 valence electrons. The summed E-state index contributed by atoms with van der Waals surface area (Å²) >= 11 is 5.63. The monoisotopic (exact) mass is 191 g/mol. The van der Waals surface area contributed by atoms with Crippen molar-refractivity contribution < 1.29 is 0 Å². The van der Waals surface area contributed by atoms with Gasteiger partial charge >= 0.3 is 0 Å². The van der Waals surface area contributed by atoms with Crippen molar-refractivity contribution in [1.82, 2.24) is 4.98 Å². The minimum Gasteiger partial charge on any atom is -0.396 e. The Morgan fingerprint density at radius 1 is 1.54 bits per heavy atom. The van der Waals surface area contributed by atoms with Crippen molar-refractivity contribution in [3.63, 3.8) is 0 Å². The Kier molecular flexibility index (Phi) is 3.14. The Morgan fingerprint density at radius 2 is 2.31 bits per heavy atom. The normalized spacial score (nSPS) is 8.31. The molecule has 1 heterocycles. The summed E-state index contributed by atoms with van der Waals surface area (Å²) in [6.45, 7) is 0. The van der Waals surface area contributed by atoms with Crippen molar-refractivity contribution in [1.29, 1.82) is 5.26 Å². The number of halogens is 1. The number of nitriles is 1. The van der Waals surface area contributed by atoms with E-state index >= 15 is 0 Å². The number of nitrogens with two attached hydrogens (primary N) is 1. The number of rotatable bonds is 0. The zero-order valence-corrected chi connectivity index (χ0v) is 7.47. The van der Waals surface area contributed by atoms with Crippen LogP contribution < -0.4 is 5.73 Å². The lowest BCUT2D eigenvalue weighted by atomic mass is 10.3. The van der Waals surface area contributed by atoms with Crippen molar-refractivity contribution in [2.75, 3.05) is 5.73 Å². The highest BCUT2D eigenvalue weighted by Gasteiger charge is 1.96. The van der Waals surface area contributed by atoms with Gasteiger partial charge in [0.1, 0.15) is 10.8 Å². The fourth-order valence-electron chi connectivity index (χ4n) is 0.714. The average Bonchev–Trinajstić information content (AvgIpc) is 2.11. The standard InChI is InChI=1S/C9H6ClN3/c10-9-5-4-7(12)8(13-9)3-1-2-6-11/h4-5H,2,12H2. The second-order valence-electron chi connectivity index (χ2n) is 2.21. The molecule has 1 rings (SSSR count). The number of nitrogens with zero attached hydrogens (tertiary/aromatic N) is 2. The molecule has 13 heavy (non-hydrogen) atoms. The van der Waals surface area contributed by atoms with E-state index in [1.807, 2.05) is 6.07 Å². The molecule has 1 aromatic rings. The molecule has 0 aromatic carbocycles. The molecule has 0 unspecified atom stereocenters. The van der Waals surface area contributed by atoms with Crippen LogP contribution in [0.1, 0.15) is 12.1 Å². The van der Waals surface area contributed by atoms with Crippen LogP contribution in [0.5, 0.6) is 0 Å². The first kappa shape index (κ1) is 9.38. The maximum absolute atomic E-state index is 8.24. The van der Waals surface area contributed by atoms with Crippen LogP contribution in [0.3, 0.4) is 0 Å². The predicted octanol–water partition coefficient (Wildman–Crippen LogP) is 1.58. The Labute approximate surface area is 81.1 Å². The molecule has 0 fully saturated rings. The molecule has 0 aliphatic rings. The van der Waals surface area contributed by atoms with E-state index in [-0.39, 0.29) is 6.42 Å². The fraction of sp³-hybridized carbons (Fsp3) is 0.111.